The average molecular weight is 300 g/mol. The molecule has 21 heavy (non-hydrogen) atoms. The third-order valence-corrected chi connectivity index (χ3v) is 3.83. The summed E-state index contributed by atoms with van der Waals surface area (Å²) in [5, 5.41) is 10.6. The molecule has 0 fully saturated rings. The van der Waals surface area contributed by atoms with Crippen LogP contribution in [0.1, 0.15) is 78.1 Å². The second-order valence-corrected chi connectivity index (χ2v) is 6.08. The molecule has 3 heteroatoms. The minimum absolute atomic E-state index is 1.15. The van der Waals surface area contributed by atoms with Crippen molar-refractivity contribution in [1.29, 1.82) is 0 Å². The van der Waals surface area contributed by atoms with Gasteiger partial charge in [0.2, 0.25) is 0 Å². The van der Waals surface area contributed by atoms with Crippen LogP contribution in [0, 0.1) is 0 Å². The standard InChI is InChI=1S/C18H41N3/c1-3-5-7-9-13-19-15-11-17-21-18-12-16-20-14-10-8-6-4-2/h19-21H,3-18H2,1-2H3. The summed E-state index contributed by atoms with van der Waals surface area (Å²) in [5.74, 6) is 0. The summed E-state index contributed by atoms with van der Waals surface area (Å²) in [5.41, 5.74) is 0. The van der Waals surface area contributed by atoms with Crippen molar-refractivity contribution in [3.8, 4) is 0 Å². The van der Waals surface area contributed by atoms with Crippen LogP contribution >= 0.6 is 0 Å². The highest BCUT2D eigenvalue weighted by atomic mass is 14.9. The largest absolute Gasteiger partial charge is 0.317 e. The van der Waals surface area contributed by atoms with Gasteiger partial charge >= 0.3 is 0 Å². The fourth-order valence-corrected chi connectivity index (χ4v) is 2.41. The molecule has 0 saturated heterocycles. The highest BCUT2D eigenvalue weighted by molar-refractivity contribution is 4.55. The Morgan fingerprint density at radius 2 is 0.714 bits per heavy atom. The van der Waals surface area contributed by atoms with E-state index in [1.807, 2.05) is 0 Å². The van der Waals surface area contributed by atoms with E-state index in [0.29, 0.717) is 0 Å². The van der Waals surface area contributed by atoms with Crippen molar-refractivity contribution in [2.24, 2.45) is 0 Å². The molecule has 0 aliphatic carbocycles. The summed E-state index contributed by atoms with van der Waals surface area (Å²) < 4.78 is 0. The van der Waals surface area contributed by atoms with Crippen molar-refractivity contribution in [3.05, 3.63) is 0 Å². The molecule has 0 aliphatic rings. The van der Waals surface area contributed by atoms with Gasteiger partial charge in [0.15, 0.2) is 0 Å². The predicted octanol–water partition coefficient (Wildman–Crippen LogP) is 3.70. The zero-order valence-electron chi connectivity index (χ0n) is 14.8. The van der Waals surface area contributed by atoms with Gasteiger partial charge in [-0.1, -0.05) is 52.4 Å². The van der Waals surface area contributed by atoms with Gasteiger partial charge < -0.3 is 16.0 Å². The molecule has 0 aromatic heterocycles. The quantitative estimate of drug-likeness (QED) is 0.338. The smallest absolute Gasteiger partial charge is 0.00368 e. The maximum atomic E-state index is 3.53. The molecule has 0 radical (unpaired) electrons. The van der Waals surface area contributed by atoms with Crippen LogP contribution in [0.25, 0.3) is 0 Å². The van der Waals surface area contributed by atoms with Gasteiger partial charge in [0.25, 0.3) is 0 Å². The first-order valence-electron chi connectivity index (χ1n) is 9.54. The van der Waals surface area contributed by atoms with Gasteiger partial charge in [0, 0.05) is 0 Å². The Hall–Kier alpha value is -0.120. The first kappa shape index (κ1) is 20.9. The van der Waals surface area contributed by atoms with Gasteiger partial charge in [-0.3, -0.25) is 0 Å². The zero-order chi connectivity index (χ0) is 15.4. The average Bonchev–Trinajstić information content (AvgIpc) is 2.50. The molecule has 0 bridgehead atoms. The normalized spacial score (nSPS) is 11.1. The van der Waals surface area contributed by atoms with Crippen LogP contribution in [-0.2, 0) is 0 Å². The van der Waals surface area contributed by atoms with Crippen molar-refractivity contribution in [2.45, 2.75) is 78.1 Å². The molecular weight excluding hydrogens is 258 g/mol. The van der Waals surface area contributed by atoms with Crippen molar-refractivity contribution in [3.63, 3.8) is 0 Å². The summed E-state index contributed by atoms with van der Waals surface area (Å²) in [6, 6.07) is 0. The molecule has 0 spiro atoms. The van der Waals surface area contributed by atoms with Gasteiger partial charge in [0.05, 0.1) is 0 Å². The second-order valence-electron chi connectivity index (χ2n) is 6.08. The molecule has 3 nitrogen and oxygen atoms in total. The summed E-state index contributed by atoms with van der Waals surface area (Å²) in [7, 11) is 0. The Balaban J connectivity index is 2.90. The Bertz CT molecular complexity index is 156. The van der Waals surface area contributed by atoms with Crippen LogP contribution in [0.2, 0.25) is 0 Å². The van der Waals surface area contributed by atoms with Crippen LogP contribution in [0.15, 0.2) is 0 Å². The molecule has 0 rings (SSSR count). The number of nitrogens with one attached hydrogen (secondary N) is 3. The minimum atomic E-state index is 1.15. The fraction of sp³-hybridized carbons (Fsp3) is 1.00. The molecule has 0 aliphatic heterocycles. The monoisotopic (exact) mass is 299 g/mol. The Kier molecular flexibility index (Phi) is 19.8. The van der Waals surface area contributed by atoms with Gasteiger partial charge in [-0.25, -0.2) is 0 Å². The fourth-order valence-electron chi connectivity index (χ4n) is 2.41. The topological polar surface area (TPSA) is 36.1 Å². The van der Waals surface area contributed by atoms with Crippen LogP contribution in [0.5, 0.6) is 0 Å². The van der Waals surface area contributed by atoms with E-state index in [0.717, 1.165) is 26.2 Å². The molecule has 0 heterocycles. The summed E-state index contributed by atoms with van der Waals surface area (Å²) in [6.07, 6.45) is 13.4. The highest BCUT2D eigenvalue weighted by Crippen LogP contribution is 1.97. The molecular formula is C18H41N3. The summed E-state index contributed by atoms with van der Waals surface area (Å²) in [6.45, 7) is 11.5. The summed E-state index contributed by atoms with van der Waals surface area (Å²) >= 11 is 0. The van der Waals surface area contributed by atoms with Gasteiger partial charge in [0.1, 0.15) is 0 Å². The molecule has 0 atom stereocenters. The predicted molar refractivity (Wildman–Crippen MR) is 96.1 cm³/mol. The van der Waals surface area contributed by atoms with E-state index < -0.39 is 0 Å². The van der Waals surface area contributed by atoms with Gasteiger partial charge in [-0.05, 0) is 65.0 Å². The number of rotatable bonds is 18. The molecule has 0 saturated carbocycles. The highest BCUT2D eigenvalue weighted by Gasteiger charge is 1.92. The lowest BCUT2D eigenvalue weighted by Gasteiger charge is -2.07. The number of hydrogen-bond donors (Lipinski definition) is 3. The van der Waals surface area contributed by atoms with Crippen molar-refractivity contribution in [2.75, 3.05) is 39.3 Å². The Morgan fingerprint density at radius 1 is 0.381 bits per heavy atom. The minimum Gasteiger partial charge on any atom is -0.317 e. The number of hydrogen-bond acceptors (Lipinski definition) is 3. The number of unbranched alkanes of at least 4 members (excludes halogenated alkanes) is 6. The molecule has 128 valence electrons. The molecule has 0 aromatic carbocycles. The van der Waals surface area contributed by atoms with E-state index in [1.165, 1.54) is 77.3 Å². The molecule has 0 aromatic rings. The zero-order valence-corrected chi connectivity index (χ0v) is 14.8. The van der Waals surface area contributed by atoms with Crippen LogP contribution in [0.3, 0.4) is 0 Å². The maximum Gasteiger partial charge on any atom is -0.00368 e. The summed E-state index contributed by atoms with van der Waals surface area (Å²) in [4.78, 5) is 0. The van der Waals surface area contributed by atoms with E-state index >= 15 is 0 Å². The lowest BCUT2D eigenvalue weighted by molar-refractivity contribution is 0.543. The SMILES string of the molecule is CCCCCCNCCCNCCCNCCCCCC. The van der Waals surface area contributed by atoms with E-state index in [9.17, 15) is 0 Å². The Labute approximate surface area is 134 Å². The third kappa shape index (κ3) is 19.9. The van der Waals surface area contributed by atoms with E-state index in [4.69, 9.17) is 0 Å². The van der Waals surface area contributed by atoms with Crippen LogP contribution in [0.4, 0.5) is 0 Å². The van der Waals surface area contributed by atoms with E-state index in [-0.39, 0.29) is 0 Å². The van der Waals surface area contributed by atoms with Crippen molar-refractivity contribution in [1.82, 2.24) is 16.0 Å². The first-order valence-corrected chi connectivity index (χ1v) is 9.54. The van der Waals surface area contributed by atoms with Crippen LogP contribution < -0.4 is 16.0 Å². The second kappa shape index (κ2) is 19.9. The molecule has 0 amide bonds. The van der Waals surface area contributed by atoms with E-state index in [1.54, 1.807) is 0 Å². The molecule has 0 unspecified atom stereocenters. The molecule has 3 N–H and O–H groups in total. The lowest BCUT2D eigenvalue weighted by Crippen LogP contribution is -2.25. The maximum absolute atomic E-state index is 3.53. The Morgan fingerprint density at radius 3 is 1.05 bits per heavy atom. The van der Waals surface area contributed by atoms with Crippen molar-refractivity contribution >= 4 is 0 Å². The third-order valence-electron chi connectivity index (χ3n) is 3.83. The van der Waals surface area contributed by atoms with E-state index in [2.05, 4.69) is 29.8 Å². The van der Waals surface area contributed by atoms with Crippen LogP contribution in [-0.4, -0.2) is 39.3 Å². The lowest BCUT2D eigenvalue weighted by atomic mass is 10.2. The van der Waals surface area contributed by atoms with Crippen molar-refractivity contribution < 1.29 is 0 Å². The van der Waals surface area contributed by atoms with Gasteiger partial charge in [-0.2, -0.15) is 0 Å². The van der Waals surface area contributed by atoms with Gasteiger partial charge in [-0.15, -0.1) is 0 Å². The first-order chi connectivity index (χ1) is 10.4.